The average molecular weight is 343 g/mol. The topological polar surface area (TPSA) is 64.1 Å². The number of aromatic nitrogens is 2. The summed E-state index contributed by atoms with van der Waals surface area (Å²) in [4.78, 5) is 20.5. The summed E-state index contributed by atoms with van der Waals surface area (Å²) in [5, 5.41) is 6.39. The number of nitrogens with zero attached hydrogens (tertiary/aromatic N) is 2. The van der Waals surface area contributed by atoms with E-state index in [4.69, 9.17) is 4.74 Å². The van der Waals surface area contributed by atoms with E-state index < -0.39 is 5.82 Å². The number of benzene rings is 1. The Hall–Kier alpha value is -2.80. The van der Waals surface area contributed by atoms with Gasteiger partial charge in [-0.25, -0.2) is 4.39 Å². The van der Waals surface area contributed by atoms with E-state index in [-0.39, 0.29) is 17.7 Å². The standard InChI is InChI=1S/C17H14FN3O2S/c1-10-15(21-16(22)12-7-8-24-9-12)11(2)20-17(19-10)23-14-6-4-3-5-13(14)18/h3-9H,1-2H3,(H,21,22). The zero-order valence-electron chi connectivity index (χ0n) is 13.0. The zero-order chi connectivity index (χ0) is 17.1. The number of halogens is 1. The molecule has 0 aliphatic carbocycles. The van der Waals surface area contributed by atoms with E-state index in [1.807, 2.05) is 5.38 Å². The molecule has 24 heavy (non-hydrogen) atoms. The second kappa shape index (κ2) is 6.76. The molecule has 1 amide bonds. The average Bonchev–Trinajstić information content (AvgIpc) is 3.07. The fraction of sp³-hybridized carbons (Fsp3) is 0.118. The highest BCUT2D eigenvalue weighted by atomic mass is 32.1. The minimum Gasteiger partial charge on any atom is -0.421 e. The number of ether oxygens (including phenoxy) is 1. The van der Waals surface area contributed by atoms with Gasteiger partial charge in [-0.3, -0.25) is 4.79 Å². The molecular formula is C17H14FN3O2S. The number of nitrogens with one attached hydrogen (secondary N) is 1. The molecule has 2 aromatic heterocycles. The zero-order valence-corrected chi connectivity index (χ0v) is 13.9. The quantitative estimate of drug-likeness (QED) is 0.765. The second-order valence-electron chi connectivity index (χ2n) is 5.05. The van der Waals surface area contributed by atoms with Gasteiger partial charge in [-0.2, -0.15) is 21.3 Å². The van der Waals surface area contributed by atoms with Crippen LogP contribution in [0.2, 0.25) is 0 Å². The van der Waals surface area contributed by atoms with Gasteiger partial charge in [0.2, 0.25) is 0 Å². The Morgan fingerprint density at radius 1 is 1.17 bits per heavy atom. The maximum atomic E-state index is 13.6. The molecule has 0 atom stereocenters. The molecule has 7 heteroatoms. The summed E-state index contributed by atoms with van der Waals surface area (Å²) >= 11 is 1.44. The van der Waals surface area contributed by atoms with Crippen LogP contribution >= 0.6 is 11.3 Å². The molecule has 0 radical (unpaired) electrons. The SMILES string of the molecule is Cc1nc(Oc2ccccc2F)nc(C)c1NC(=O)c1ccsc1. The lowest BCUT2D eigenvalue weighted by Crippen LogP contribution is -2.14. The molecule has 3 aromatic rings. The minimum atomic E-state index is -0.494. The minimum absolute atomic E-state index is 0.0311. The number of aryl methyl sites for hydroxylation is 2. The van der Waals surface area contributed by atoms with Gasteiger partial charge in [-0.1, -0.05) is 12.1 Å². The van der Waals surface area contributed by atoms with Crippen LogP contribution in [0.5, 0.6) is 11.8 Å². The first-order chi connectivity index (χ1) is 11.5. The Balaban J connectivity index is 1.84. The van der Waals surface area contributed by atoms with Crippen LogP contribution in [0.3, 0.4) is 0 Å². The first-order valence-corrected chi connectivity index (χ1v) is 8.10. The van der Waals surface area contributed by atoms with E-state index in [0.717, 1.165) is 0 Å². The fourth-order valence-electron chi connectivity index (χ4n) is 2.12. The van der Waals surface area contributed by atoms with E-state index in [1.54, 1.807) is 37.4 Å². The summed E-state index contributed by atoms with van der Waals surface area (Å²) in [5.74, 6) is -0.675. The molecule has 5 nitrogen and oxygen atoms in total. The third-order valence-corrected chi connectivity index (χ3v) is 3.99. The van der Waals surface area contributed by atoms with Crippen molar-refractivity contribution in [3.05, 3.63) is 63.9 Å². The van der Waals surface area contributed by atoms with Crippen molar-refractivity contribution < 1.29 is 13.9 Å². The second-order valence-corrected chi connectivity index (χ2v) is 5.83. The van der Waals surface area contributed by atoms with Gasteiger partial charge in [0, 0.05) is 5.38 Å². The van der Waals surface area contributed by atoms with Crippen LogP contribution in [-0.4, -0.2) is 15.9 Å². The van der Waals surface area contributed by atoms with E-state index in [9.17, 15) is 9.18 Å². The van der Waals surface area contributed by atoms with Crippen molar-refractivity contribution in [1.29, 1.82) is 0 Å². The van der Waals surface area contributed by atoms with E-state index >= 15 is 0 Å². The molecule has 3 rings (SSSR count). The van der Waals surface area contributed by atoms with Gasteiger partial charge in [0.1, 0.15) is 0 Å². The number of anilines is 1. The van der Waals surface area contributed by atoms with Crippen LogP contribution in [0.4, 0.5) is 10.1 Å². The monoisotopic (exact) mass is 343 g/mol. The Bertz CT molecular complexity index is 858. The van der Waals surface area contributed by atoms with Crippen LogP contribution in [0.1, 0.15) is 21.7 Å². The number of hydrogen-bond acceptors (Lipinski definition) is 5. The van der Waals surface area contributed by atoms with Crippen molar-refractivity contribution in [2.75, 3.05) is 5.32 Å². The lowest BCUT2D eigenvalue weighted by atomic mass is 10.2. The van der Waals surface area contributed by atoms with Crippen LogP contribution in [-0.2, 0) is 0 Å². The van der Waals surface area contributed by atoms with Crippen LogP contribution in [0.25, 0.3) is 0 Å². The summed E-state index contributed by atoms with van der Waals surface area (Å²) in [7, 11) is 0. The molecule has 0 fully saturated rings. The summed E-state index contributed by atoms with van der Waals surface area (Å²) < 4.78 is 19.0. The highest BCUT2D eigenvalue weighted by Crippen LogP contribution is 2.25. The van der Waals surface area contributed by atoms with Crippen molar-refractivity contribution >= 4 is 22.9 Å². The van der Waals surface area contributed by atoms with Crippen molar-refractivity contribution in [1.82, 2.24) is 9.97 Å². The molecule has 0 aliphatic rings. The van der Waals surface area contributed by atoms with E-state index in [0.29, 0.717) is 22.6 Å². The van der Waals surface area contributed by atoms with Crippen molar-refractivity contribution in [2.45, 2.75) is 13.8 Å². The maximum Gasteiger partial charge on any atom is 0.322 e. The lowest BCUT2D eigenvalue weighted by molar-refractivity contribution is 0.102. The molecular weight excluding hydrogens is 329 g/mol. The summed E-state index contributed by atoms with van der Waals surface area (Å²) in [6.07, 6.45) is 0. The Kier molecular flexibility index (Phi) is 4.52. The molecule has 0 spiro atoms. The van der Waals surface area contributed by atoms with Gasteiger partial charge in [0.25, 0.3) is 5.91 Å². The number of carbonyl (C=O) groups excluding carboxylic acids is 1. The molecule has 0 bridgehead atoms. The van der Waals surface area contributed by atoms with Gasteiger partial charge in [0.15, 0.2) is 11.6 Å². The molecule has 1 N–H and O–H groups in total. The molecule has 122 valence electrons. The largest absolute Gasteiger partial charge is 0.421 e. The molecule has 1 aromatic carbocycles. The van der Waals surface area contributed by atoms with Crippen LogP contribution < -0.4 is 10.1 Å². The van der Waals surface area contributed by atoms with Crippen LogP contribution in [0, 0.1) is 19.7 Å². The predicted molar refractivity (Wildman–Crippen MR) is 90.3 cm³/mol. The third-order valence-electron chi connectivity index (χ3n) is 3.31. The smallest absolute Gasteiger partial charge is 0.322 e. The third kappa shape index (κ3) is 3.41. The number of thiophene rings is 1. The Morgan fingerprint density at radius 2 is 1.88 bits per heavy atom. The van der Waals surface area contributed by atoms with Gasteiger partial charge in [0.05, 0.1) is 22.6 Å². The van der Waals surface area contributed by atoms with Crippen molar-refractivity contribution in [3.8, 4) is 11.8 Å². The predicted octanol–water partition coefficient (Wildman–Crippen LogP) is 4.34. The number of carbonyl (C=O) groups is 1. The fourth-order valence-corrected chi connectivity index (χ4v) is 2.75. The number of rotatable bonds is 4. The summed E-state index contributed by atoms with van der Waals surface area (Å²) in [6.45, 7) is 3.46. The Labute approximate surface area is 142 Å². The van der Waals surface area contributed by atoms with E-state index in [2.05, 4.69) is 15.3 Å². The normalized spacial score (nSPS) is 10.5. The first-order valence-electron chi connectivity index (χ1n) is 7.16. The molecule has 0 aliphatic heterocycles. The molecule has 0 saturated heterocycles. The maximum absolute atomic E-state index is 13.6. The van der Waals surface area contributed by atoms with Crippen LogP contribution in [0.15, 0.2) is 41.1 Å². The number of para-hydroxylation sites is 1. The van der Waals surface area contributed by atoms with Crippen molar-refractivity contribution in [3.63, 3.8) is 0 Å². The number of amides is 1. The molecule has 0 saturated carbocycles. The number of hydrogen-bond donors (Lipinski definition) is 1. The lowest BCUT2D eigenvalue weighted by Gasteiger charge is -2.12. The summed E-state index contributed by atoms with van der Waals surface area (Å²) in [6, 6.07) is 7.79. The van der Waals surface area contributed by atoms with E-state index in [1.165, 1.54) is 23.5 Å². The van der Waals surface area contributed by atoms with Gasteiger partial charge in [-0.05, 0) is 37.4 Å². The summed E-state index contributed by atoms with van der Waals surface area (Å²) in [5.41, 5.74) is 2.17. The van der Waals surface area contributed by atoms with Gasteiger partial charge < -0.3 is 10.1 Å². The highest BCUT2D eigenvalue weighted by molar-refractivity contribution is 7.08. The first kappa shape index (κ1) is 16.1. The van der Waals surface area contributed by atoms with Gasteiger partial charge >= 0.3 is 6.01 Å². The van der Waals surface area contributed by atoms with Crippen molar-refractivity contribution in [2.24, 2.45) is 0 Å². The highest BCUT2D eigenvalue weighted by Gasteiger charge is 2.15. The Morgan fingerprint density at radius 3 is 2.50 bits per heavy atom. The molecule has 2 heterocycles. The molecule has 0 unspecified atom stereocenters. The van der Waals surface area contributed by atoms with Gasteiger partial charge in [-0.15, -0.1) is 0 Å².